The molecule has 4 aromatic rings. The number of para-hydroxylation sites is 1. The lowest BCUT2D eigenvalue weighted by Gasteiger charge is -2.53. The van der Waals surface area contributed by atoms with Gasteiger partial charge in [0, 0.05) is 35.8 Å². The number of carboxylic acid groups (broad SMARTS) is 1. The molecule has 6 nitrogen and oxygen atoms in total. The number of benzene rings is 3. The number of aryl methyl sites for hydroxylation is 1. The Labute approximate surface area is 216 Å². The largest absolute Gasteiger partial charge is 0.478 e. The van der Waals surface area contributed by atoms with E-state index in [1.165, 1.54) is 5.56 Å². The van der Waals surface area contributed by atoms with Crippen LogP contribution in [-0.2, 0) is 5.41 Å². The summed E-state index contributed by atoms with van der Waals surface area (Å²) in [6, 6.07) is 22.5. The molecule has 5 rings (SSSR count). The molecule has 3 aromatic carbocycles. The third-order valence-corrected chi connectivity index (χ3v) is 7.70. The third-order valence-electron chi connectivity index (χ3n) is 7.70. The Bertz CT molecular complexity index is 1520. The van der Waals surface area contributed by atoms with Crippen LogP contribution in [0, 0.1) is 12.8 Å². The molecule has 0 radical (unpaired) electrons. The lowest BCUT2D eigenvalue weighted by atomic mass is 9.66. The molecule has 1 aliphatic rings. The summed E-state index contributed by atoms with van der Waals surface area (Å²) in [7, 11) is 0. The van der Waals surface area contributed by atoms with Crippen molar-refractivity contribution in [1.29, 1.82) is 0 Å². The Morgan fingerprint density at radius 2 is 1.68 bits per heavy atom. The van der Waals surface area contributed by atoms with Crippen LogP contribution in [0.4, 0.5) is 11.6 Å². The van der Waals surface area contributed by atoms with Crippen molar-refractivity contribution in [3.63, 3.8) is 0 Å². The molecule has 0 spiro atoms. The van der Waals surface area contributed by atoms with E-state index < -0.39 is 5.97 Å². The quantitative estimate of drug-likeness (QED) is 0.309. The van der Waals surface area contributed by atoms with Gasteiger partial charge < -0.3 is 19.7 Å². The predicted octanol–water partition coefficient (Wildman–Crippen LogP) is 6.39. The van der Waals surface area contributed by atoms with E-state index >= 15 is 0 Å². The molecule has 0 saturated carbocycles. The standard InChI is InChI=1S/C31H32N2O4/c1-19(2)31(22-10-6-5-7-11-22)17-33(18-31)28-16-27(34)25-15-20(3)14-24(29(25)37-28)21(4)32-26-13-9-8-12-23(26)30(35)36/h5-16,19,21,32H,17-18H2,1-4H3,(H,35,36). The van der Waals surface area contributed by atoms with E-state index in [1.807, 2.05) is 32.0 Å². The minimum atomic E-state index is -0.997. The summed E-state index contributed by atoms with van der Waals surface area (Å²) >= 11 is 0. The first-order valence-electron chi connectivity index (χ1n) is 12.7. The van der Waals surface area contributed by atoms with Crippen LogP contribution in [0.25, 0.3) is 11.0 Å². The smallest absolute Gasteiger partial charge is 0.337 e. The molecule has 0 aliphatic carbocycles. The normalized spacial score (nSPS) is 15.4. The Hall–Kier alpha value is -4.06. The van der Waals surface area contributed by atoms with Crippen LogP contribution < -0.4 is 15.6 Å². The number of nitrogens with one attached hydrogen (secondary N) is 1. The highest BCUT2D eigenvalue weighted by Gasteiger charge is 2.47. The van der Waals surface area contributed by atoms with Crippen LogP contribution in [0.15, 0.2) is 82.0 Å². The van der Waals surface area contributed by atoms with Crippen LogP contribution in [0.2, 0.25) is 0 Å². The molecule has 1 fully saturated rings. The van der Waals surface area contributed by atoms with Crippen LogP contribution in [-0.4, -0.2) is 24.2 Å². The predicted molar refractivity (Wildman–Crippen MR) is 148 cm³/mol. The van der Waals surface area contributed by atoms with Gasteiger partial charge in [-0.2, -0.15) is 0 Å². The molecule has 0 amide bonds. The highest BCUT2D eigenvalue weighted by molar-refractivity contribution is 5.94. The lowest BCUT2D eigenvalue weighted by molar-refractivity contribution is 0.0698. The van der Waals surface area contributed by atoms with E-state index in [1.54, 1.807) is 30.3 Å². The Morgan fingerprint density at radius 1 is 1.00 bits per heavy atom. The number of rotatable bonds is 7. The summed E-state index contributed by atoms with van der Waals surface area (Å²) < 4.78 is 6.45. The lowest BCUT2D eigenvalue weighted by Crippen LogP contribution is -2.62. The van der Waals surface area contributed by atoms with E-state index in [0.717, 1.165) is 24.2 Å². The fourth-order valence-corrected chi connectivity index (χ4v) is 5.45. The highest BCUT2D eigenvalue weighted by Crippen LogP contribution is 2.43. The molecular weight excluding hydrogens is 464 g/mol. The van der Waals surface area contributed by atoms with E-state index in [2.05, 4.69) is 48.3 Å². The molecule has 0 bridgehead atoms. The molecular formula is C31H32N2O4. The zero-order valence-electron chi connectivity index (χ0n) is 21.6. The first-order chi connectivity index (χ1) is 17.7. The van der Waals surface area contributed by atoms with E-state index in [-0.39, 0.29) is 22.4 Å². The molecule has 1 saturated heterocycles. The number of carbonyl (C=O) groups is 1. The Balaban J connectivity index is 1.52. The molecule has 1 atom stereocenters. The number of hydrogen-bond acceptors (Lipinski definition) is 5. The maximum atomic E-state index is 13.3. The molecule has 190 valence electrons. The van der Waals surface area contributed by atoms with E-state index in [0.29, 0.717) is 28.5 Å². The van der Waals surface area contributed by atoms with Gasteiger partial charge in [-0.05, 0) is 49.1 Å². The van der Waals surface area contributed by atoms with Gasteiger partial charge in [-0.25, -0.2) is 4.79 Å². The van der Waals surface area contributed by atoms with Crippen molar-refractivity contribution in [1.82, 2.24) is 0 Å². The number of carboxylic acids is 1. The summed E-state index contributed by atoms with van der Waals surface area (Å²) in [5.74, 6) is -0.00827. The average molecular weight is 497 g/mol. The average Bonchev–Trinajstić information content (AvgIpc) is 2.84. The Kier molecular flexibility index (Phi) is 6.28. The number of fused-ring (bicyclic) bond motifs is 1. The monoisotopic (exact) mass is 496 g/mol. The molecule has 2 heterocycles. The van der Waals surface area contributed by atoms with Crippen LogP contribution in [0.3, 0.4) is 0 Å². The summed E-state index contributed by atoms with van der Waals surface area (Å²) in [5.41, 5.74) is 4.21. The van der Waals surface area contributed by atoms with Gasteiger partial charge in [0.1, 0.15) is 5.58 Å². The fraction of sp³-hybridized carbons (Fsp3) is 0.290. The topological polar surface area (TPSA) is 82.8 Å². The van der Waals surface area contributed by atoms with Crippen LogP contribution >= 0.6 is 0 Å². The zero-order valence-corrected chi connectivity index (χ0v) is 21.6. The van der Waals surface area contributed by atoms with E-state index in [4.69, 9.17) is 4.42 Å². The maximum absolute atomic E-state index is 13.3. The number of aromatic carboxylic acids is 1. The minimum absolute atomic E-state index is 0.000278. The van der Waals surface area contributed by atoms with Gasteiger partial charge in [-0.1, -0.05) is 62.4 Å². The van der Waals surface area contributed by atoms with Crippen LogP contribution in [0.1, 0.15) is 53.9 Å². The van der Waals surface area contributed by atoms with Gasteiger partial charge in [0.15, 0.2) is 11.3 Å². The highest BCUT2D eigenvalue weighted by atomic mass is 16.4. The van der Waals surface area contributed by atoms with Gasteiger partial charge in [0.2, 0.25) is 0 Å². The van der Waals surface area contributed by atoms with Gasteiger partial charge in [0.05, 0.1) is 17.0 Å². The molecule has 1 unspecified atom stereocenters. The van der Waals surface area contributed by atoms with Gasteiger partial charge >= 0.3 is 5.97 Å². The molecule has 2 N–H and O–H groups in total. The SMILES string of the molecule is Cc1cc(C(C)Nc2ccccc2C(=O)O)c2oc(N3CC(c4ccccc4)(C(C)C)C3)cc(=O)c2c1. The van der Waals surface area contributed by atoms with Crippen LogP contribution in [0.5, 0.6) is 0 Å². The number of hydrogen-bond donors (Lipinski definition) is 2. The summed E-state index contributed by atoms with van der Waals surface area (Å²) in [6.07, 6.45) is 0. The fourth-order valence-electron chi connectivity index (χ4n) is 5.45. The van der Waals surface area contributed by atoms with Gasteiger partial charge in [-0.3, -0.25) is 4.79 Å². The van der Waals surface area contributed by atoms with Crippen molar-refractivity contribution >= 4 is 28.5 Å². The van der Waals surface area contributed by atoms with Gasteiger partial charge in [-0.15, -0.1) is 0 Å². The first kappa shape index (κ1) is 24.6. The third kappa shape index (κ3) is 4.37. The second-order valence-electron chi connectivity index (χ2n) is 10.4. The number of anilines is 2. The molecule has 37 heavy (non-hydrogen) atoms. The summed E-state index contributed by atoms with van der Waals surface area (Å²) in [5, 5.41) is 13.4. The van der Waals surface area contributed by atoms with E-state index in [9.17, 15) is 14.7 Å². The van der Waals surface area contributed by atoms with Crippen molar-refractivity contribution in [2.45, 2.75) is 39.2 Å². The maximum Gasteiger partial charge on any atom is 0.337 e. The van der Waals surface area contributed by atoms with Gasteiger partial charge in [0.25, 0.3) is 0 Å². The molecule has 1 aliphatic heterocycles. The van der Waals surface area contributed by atoms with Crippen molar-refractivity contribution in [3.8, 4) is 0 Å². The van der Waals surface area contributed by atoms with Crippen molar-refractivity contribution < 1.29 is 14.3 Å². The summed E-state index contributed by atoms with van der Waals surface area (Å²) in [6.45, 7) is 9.91. The second kappa shape index (κ2) is 9.43. The molecule has 6 heteroatoms. The first-order valence-corrected chi connectivity index (χ1v) is 12.7. The minimum Gasteiger partial charge on any atom is -0.478 e. The van der Waals surface area contributed by atoms with Crippen molar-refractivity contribution in [2.75, 3.05) is 23.3 Å². The number of nitrogens with zero attached hydrogens (tertiary/aromatic N) is 1. The molecule has 1 aromatic heterocycles. The Morgan fingerprint density at radius 3 is 2.35 bits per heavy atom. The summed E-state index contributed by atoms with van der Waals surface area (Å²) in [4.78, 5) is 27.1. The van der Waals surface area contributed by atoms with Crippen molar-refractivity contribution in [2.24, 2.45) is 5.92 Å². The zero-order chi connectivity index (χ0) is 26.3. The van der Waals surface area contributed by atoms with Crippen molar-refractivity contribution in [3.05, 3.63) is 105 Å². The second-order valence-corrected chi connectivity index (χ2v) is 10.4.